The molecule has 3 aliphatic rings. The Hall–Kier alpha value is -5.33. The number of carbonyl (C=O) groups is 1. The molecule has 1 saturated heterocycles. The van der Waals surface area contributed by atoms with Gasteiger partial charge in [-0.1, -0.05) is 66.2 Å². The fourth-order valence-electron chi connectivity index (χ4n) is 8.71. The lowest BCUT2D eigenvalue weighted by atomic mass is 9.76. The van der Waals surface area contributed by atoms with E-state index in [1.54, 1.807) is 37.6 Å². The van der Waals surface area contributed by atoms with Gasteiger partial charge in [-0.3, -0.25) is 9.36 Å². The lowest BCUT2D eigenvalue weighted by molar-refractivity contribution is -0.100. The number of nitriles is 1. The van der Waals surface area contributed by atoms with Gasteiger partial charge in [-0.05, 0) is 82.1 Å². The molecular formula is C49H54N5O9P. The van der Waals surface area contributed by atoms with Gasteiger partial charge in [-0.2, -0.15) is 10.2 Å². The van der Waals surface area contributed by atoms with Crippen molar-refractivity contribution in [2.24, 2.45) is 0 Å². The smallest absolute Gasteiger partial charge is 0.351 e. The van der Waals surface area contributed by atoms with Crippen LogP contribution < -0.4 is 15.7 Å². The molecule has 1 amide bonds. The molecule has 4 aromatic carbocycles. The number of aryl methyl sites for hydroxylation is 1. The Bertz CT molecular complexity index is 2530. The molecule has 14 nitrogen and oxygen atoms in total. The van der Waals surface area contributed by atoms with Crippen LogP contribution in [0.3, 0.4) is 0 Å². The molecule has 4 heterocycles. The van der Waals surface area contributed by atoms with E-state index in [0.29, 0.717) is 22.6 Å². The largest absolute Gasteiger partial charge is 0.457 e. The van der Waals surface area contributed by atoms with E-state index in [2.05, 4.69) is 60.9 Å². The summed E-state index contributed by atoms with van der Waals surface area (Å²) < 4.78 is 50.5. The van der Waals surface area contributed by atoms with Crippen molar-refractivity contribution in [3.63, 3.8) is 0 Å². The van der Waals surface area contributed by atoms with Crippen molar-refractivity contribution in [1.29, 1.82) is 5.26 Å². The summed E-state index contributed by atoms with van der Waals surface area (Å²) in [5.41, 5.74) is 3.36. The highest BCUT2D eigenvalue weighted by Crippen LogP contribution is 2.55. The Morgan fingerprint density at radius 3 is 2.36 bits per heavy atom. The van der Waals surface area contributed by atoms with Crippen LogP contribution >= 0.6 is 8.53 Å². The number of anilines is 1. The van der Waals surface area contributed by atoms with Crippen LogP contribution in [0.15, 0.2) is 108 Å². The first-order valence-electron chi connectivity index (χ1n) is 21.6. The van der Waals surface area contributed by atoms with E-state index >= 15 is 0 Å². The summed E-state index contributed by atoms with van der Waals surface area (Å²) in [7, 11) is -0.246. The van der Waals surface area contributed by atoms with E-state index in [0.717, 1.165) is 27.8 Å². The lowest BCUT2D eigenvalue weighted by Gasteiger charge is -2.42. The van der Waals surface area contributed by atoms with Gasteiger partial charge in [0, 0.05) is 54.1 Å². The summed E-state index contributed by atoms with van der Waals surface area (Å²) in [5.74, 6) is 0.952. The van der Waals surface area contributed by atoms with Crippen LogP contribution in [0.5, 0.6) is 11.5 Å². The first-order chi connectivity index (χ1) is 31.0. The number of hydrogen-bond donors (Lipinski definition) is 1. The first-order valence-corrected chi connectivity index (χ1v) is 22.8. The van der Waals surface area contributed by atoms with Crippen molar-refractivity contribution < 1.29 is 37.5 Å². The van der Waals surface area contributed by atoms with Gasteiger partial charge in [0.2, 0.25) is 0 Å². The van der Waals surface area contributed by atoms with Gasteiger partial charge >= 0.3 is 5.69 Å². The summed E-state index contributed by atoms with van der Waals surface area (Å²) in [6, 6.07) is 33.0. The second-order valence-electron chi connectivity index (χ2n) is 16.6. The van der Waals surface area contributed by atoms with Crippen molar-refractivity contribution in [1.82, 2.24) is 14.2 Å². The molecule has 1 N–H and O–H groups in total. The highest BCUT2D eigenvalue weighted by atomic mass is 31.2. The Labute approximate surface area is 375 Å². The van der Waals surface area contributed by atoms with Crippen LogP contribution in [-0.2, 0) is 40.0 Å². The molecule has 6 atom stereocenters. The molecule has 1 aromatic heterocycles. The molecule has 6 bridgehead atoms. The van der Waals surface area contributed by atoms with E-state index in [1.807, 2.05) is 67.6 Å². The second-order valence-corrected chi connectivity index (χ2v) is 18.0. The van der Waals surface area contributed by atoms with Crippen molar-refractivity contribution in [3.05, 3.63) is 153 Å². The van der Waals surface area contributed by atoms with E-state index in [9.17, 15) is 14.9 Å². The van der Waals surface area contributed by atoms with Crippen molar-refractivity contribution in [2.75, 3.05) is 38.9 Å². The Balaban J connectivity index is 1.35. The van der Waals surface area contributed by atoms with Crippen molar-refractivity contribution in [3.8, 4) is 17.6 Å². The minimum atomic E-state index is -1.83. The number of amides is 1. The Kier molecular flexibility index (Phi) is 14.0. The number of fused-ring (bicyclic) bond motifs is 8. The molecule has 0 spiro atoms. The molecule has 3 aliphatic heterocycles. The van der Waals surface area contributed by atoms with E-state index < -0.39 is 50.3 Å². The fraction of sp³-hybridized carbons (Fsp3) is 0.388. The van der Waals surface area contributed by atoms with Crippen LogP contribution in [0, 0.1) is 18.3 Å². The van der Waals surface area contributed by atoms with Crippen molar-refractivity contribution >= 4 is 20.3 Å². The van der Waals surface area contributed by atoms with Gasteiger partial charge in [0.25, 0.3) is 14.4 Å². The lowest BCUT2D eigenvalue weighted by Crippen LogP contribution is -2.44. The predicted molar refractivity (Wildman–Crippen MR) is 241 cm³/mol. The predicted octanol–water partition coefficient (Wildman–Crippen LogP) is 8.41. The normalized spacial score (nSPS) is 21.6. The number of aromatic nitrogens is 2. The van der Waals surface area contributed by atoms with Gasteiger partial charge in [0.05, 0.1) is 38.9 Å². The minimum Gasteiger partial charge on any atom is -0.457 e. The van der Waals surface area contributed by atoms with Gasteiger partial charge < -0.3 is 38.0 Å². The maximum absolute atomic E-state index is 14.4. The summed E-state index contributed by atoms with van der Waals surface area (Å²) in [6.45, 7) is 10.8. The Morgan fingerprint density at radius 1 is 0.953 bits per heavy atom. The number of methoxy groups -OCH3 is 1. The monoisotopic (exact) mass is 887 g/mol. The third-order valence-corrected chi connectivity index (χ3v) is 13.7. The third-order valence-electron chi connectivity index (χ3n) is 11.5. The number of nitrogens with zero attached hydrogens (tertiary/aromatic N) is 4. The highest BCUT2D eigenvalue weighted by Gasteiger charge is 2.53. The number of carbonyl (C=O) groups excluding carboxylic acids is 1. The van der Waals surface area contributed by atoms with Crippen LogP contribution in [0.2, 0.25) is 0 Å². The summed E-state index contributed by atoms with van der Waals surface area (Å²) >= 11 is 0. The topological polar surface area (TPSA) is 156 Å². The number of rotatable bonds is 15. The molecule has 0 aliphatic carbocycles. The molecule has 1 fully saturated rings. The number of benzene rings is 4. The molecular weight excluding hydrogens is 834 g/mol. The molecule has 6 unspecified atom stereocenters. The molecule has 15 heteroatoms. The summed E-state index contributed by atoms with van der Waals surface area (Å²) in [5, 5.41) is 12.4. The SMILES string of the molecule is COCCOC1C(OP(OCCC#N)N(C(C)C)C(C)C)C2COC3(c4ccccc4)c4cc(C)ccc4Oc4ccc(cc43)Cc3cn(c(=O)nc3NC(=O)c3ccccc3)C1O2. The van der Waals surface area contributed by atoms with Crippen LogP contribution in [0.25, 0.3) is 0 Å². The van der Waals surface area contributed by atoms with Gasteiger partial charge in [-0.25, -0.2) is 9.46 Å². The van der Waals surface area contributed by atoms with Gasteiger partial charge in [-0.15, -0.1) is 0 Å². The minimum absolute atomic E-state index is 0.00576. The highest BCUT2D eigenvalue weighted by molar-refractivity contribution is 7.44. The standard InChI is InChI=1S/C49H54N5O9P/c1-31(2)54(32(3)4)64(60-23-13-22-50)63-43-42-30-59-49(37-16-11-8-12-17-37)38-26-33(5)18-20-40(38)61-41-21-19-34(28-39(41)49)27-36-29-53(47(62-42)44(43)58-25-24-57-6)48(56)52-45(36)51-46(55)35-14-9-7-10-15-35/h7-12,14-21,26,28-29,31-32,42-44,47H,13,23-25,27,30H2,1-6H3,(H,51,52,55,56). The fourth-order valence-corrected chi connectivity index (χ4v) is 10.5. The average molecular weight is 888 g/mol. The van der Waals surface area contributed by atoms with Gasteiger partial charge in [0.15, 0.2) is 11.8 Å². The molecule has 8 rings (SSSR count). The molecule has 5 aromatic rings. The zero-order chi connectivity index (χ0) is 45.0. The molecule has 334 valence electrons. The van der Waals surface area contributed by atoms with E-state index in [-0.39, 0.29) is 57.2 Å². The maximum Gasteiger partial charge on any atom is 0.351 e. The maximum atomic E-state index is 14.4. The zero-order valence-corrected chi connectivity index (χ0v) is 37.8. The number of hydrogen-bond acceptors (Lipinski definition) is 12. The molecule has 0 radical (unpaired) electrons. The van der Waals surface area contributed by atoms with Crippen LogP contribution in [0.4, 0.5) is 5.82 Å². The second kappa shape index (κ2) is 19.8. The molecule has 64 heavy (non-hydrogen) atoms. The number of nitrogens with one attached hydrogen (secondary N) is 1. The zero-order valence-electron chi connectivity index (χ0n) is 36.9. The third kappa shape index (κ3) is 9.13. The quantitative estimate of drug-likeness (QED) is 0.0793. The number of ether oxygens (including phenoxy) is 5. The average Bonchev–Trinajstić information content (AvgIpc) is 3.62. The Morgan fingerprint density at radius 2 is 1.66 bits per heavy atom. The van der Waals surface area contributed by atoms with E-state index in [4.69, 9.17) is 32.7 Å². The molecule has 0 saturated carbocycles. The van der Waals surface area contributed by atoms with Crippen molar-refractivity contribution in [2.45, 2.75) is 89.7 Å². The van der Waals surface area contributed by atoms with Crippen LogP contribution in [-0.4, -0.2) is 84.1 Å². The summed E-state index contributed by atoms with van der Waals surface area (Å²) in [4.78, 5) is 32.7. The summed E-state index contributed by atoms with van der Waals surface area (Å²) in [6.07, 6.45) is -1.65. The van der Waals surface area contributed by atoms with Gasteiger partial charge in [0.1, 0.15) is 35.6 Å². The van der Waals surface area contributed by atoms with E-state index in [1.165, 1.54) is 4.57 Å². The first kappa shape index (κ1) is 45.2. The van der Waals surface area contributed by atoms with Crippen LogP contribution in [0.1, 0.15) is 84.1 Å².